The maximum Gasteiger partial charge on any atom is 0.316 e. The Bertz CT molecular complexity index is 1230. The number of methoxy groups -OCH3 is 1. The fourth-order valence-corrected chi connectivity index (χ4v) is 6.53. The van der Waals surface area contributed by atoms with Crippen molar-refractivity contribution >= 4 is 17.5 Å². The van der Waals surface area contributed by atoms with Crippen LogP contribution >= 0.6 is 11.6 Å². The molecule has 1 aliphatic heterocycles. The van der Waals surface area contributed by atoms with E-state index in [0.29, 0.717) is 23.9 Å². The number of carbonyl (C=O) groups excluding carboxylic acids is 1. The van der Waals surface area contributed by atoms with E-state index in [9.17, 15) is 9.90 Å². The molecule has 2 heterocycles. The molecule has 5 atom stereocenters. The van der Waals surface area contributed by atoms with Crippen LogP contribution in [-0.4, -0.2) is 34.3 Å². The molecular weight excluding hydrogens is 462 g/mol. The minimum Gasteiger partial charge on any atom is -0.467 e. The summed E-state index contributed by atoms with van der Waals surface area (Å²) in [4.78, 5) is 21.4. The van der Waals surface area contributed by atoms with Crippen LogP contribution in [0.25, 0.3) is 11.1 Å². The third-order valence-electron chi connectivity index (χ3n) is 8.07. The lowest BCUT2D eigenvalue weighted by Crippen LogP contribution is -2.44. The van der Waals surface area contributed by atoms with Gasteiger partial charge >= 0.3 is 6.01 Å². The predicted octanol–water partition coefficient (Wildman–Crippen LogP) is 5.24. The summed E-state index contributed by atoms with van der Waals surface area (Å²) >= 11 is 6.92. The van der Waals surface area contributed by atoms with Crippen molar-refractivity contribution in [3.63, 3.8) is 0 Å². The van der Waals surface area contributed by atoms with Gasteiger partial charge in [-0.3, -0.25) is 4.79 Å². The minimum absolute atomic E-state index is 0.0333. The second-order valence-corrected chi connectivity index (χ2v) is 10.1. The van der Waals surface area contributed by atoms with E-state index in [2.05, 4.69) is 59.5 Å². The minimum atomic E-state index is -0.883. The molecule has 182 valence electrons. The van der Waals surface area contributed by atoms with Gasteiger partial charge in [0.2, 0.25) is 5.91 Å². The molecule has 2 N–H and O–H groups in total. The number of aryl methyl sites for hydroxylation is 1. The summed E-state index contributed by atoms with van der Waals surface area (Å²) in [6.07, 6.45) is 4.77. The number of hydrogen-bond acceptors (Lipinski definition) is 5. The van der Waals surface area contributed by atoms with E-state index in [0.717, 1.165) is 28.7 Å². The summed E-state index contributed by atoms with van der Waals surface area (Å²) in [5, 5.41) is 14.6. The molecule has 0 radical (unpaired) electrons. The highest BCUT2D eigenvalue weighted by atomic mass is 35.5. The molecule has 7 heteroatoms. The molecule has 1 aliphatic carbocycles. The zero-order valence-electron chi connectivity index (χ0n) is 20.2. The number of amides is 1. The van der Waals surface area contributed by atoms with Gasteiger partial charge in [-0.1, -0.05) is 60.5 Å². The average Bonchev–Trinajstić information content (AvgIpc) is 3.14. The molecule has 35 heavy (non-hydrogen) atoms. The average molecular weight is 492 g/mol. The van der Waals surface area contributed by atoms with Crippen molar-refractivity contribution in [1.29, 1.82) is 0 Å². The second kappa shape index (κ2) is 9.25. The van der Waals surface area contributed by atoms with Crippen LogP contribution < -0.4 is 10.1 Å². The molecule has 2 fully saturated rings. The van der Waals surface area contributed by atoms with Crippen LogP contribution in [-0.2, 0) is 4.79 Å². The molecule has 2 aliphatic rings. The van der Waals surface area contributed by atoms with Gasteiger partial charge in [0.1, 0.15) is 6.23 Å². The third-order valence-corrected chi connectivity index (χ3v) is 8.40. The van der Waals surface area contributed by atoms with E-state index in [1.807, 2.05) is 12.1 Å². The molecule has 1 amide bonds. The largest absolute Gasteiger partial charge is 0.467 e. The highest BCUT2D eigenvalue weighted by Crippen LogP contribution is 2.60. The number of rotatable bonds is 5. The molecule has 1 saturated heterocycles. The van der Waals surface area contributed by atoms with Crippen molar-refractivity contribution in [2.45, 2.75) is 51.2 Å². The number of benzene rings is 2. The fraction of sp³-hybridized carbons (Fsp3) is 0.393. The summed E-state index contributed by atoms with van der Waals surface area (Å²) in [5.41, 5.74) is 4.54. The van der Waals surface area contributed by atoms with Crippen LogP contribution in [0.2, 0.25) is 5.02 Å². The number of fused-ring (bicyclic) bond motifs is 1. The van der Waals surface area contributed by atoms with Crippen molar-refractivity contribution < 1.29 is 14.6 Å². The van der Waals surface area contributed by atoms with E-state index in [4.69, 9.17) is 16.3 Å². The number of aliphatic hydroxyl groups is 1. The summed E-state index contributed by atoms with van der Waals surface area (Å²) < 4.78 is 5.06. The number of nitrogens with one attached hydrogen (secondary N) is 1. The van der Waals surface area contributed by atoms with Gasteiger partial charge < -0.3 is 15.2 Å². The van der Waals surface area contributed by atoms with Gasteiger partial charge in [-0.2, -0.15) is 0 Å². The van der Waals surface area contributed by atoms with Gasteiger partial charge in [0.25, 0.3) is 0 Å². The summed E-state index contributed by atoms with van der Waals surface area (Å²) in [6.45, 7) is 4.11. The molecule has 6 nitrogen and oxygen atoms in total. The number of aliphatic hydroxyl groups excluding tert-OH is 1. The van der Waals surface area contributed by atoms with Gasteiger partial charge in [0, 0.05) is 28.9 Å². The topological polar surface area (TPSA) is 84.3 Å². The Balaban J connectivity index is 1.57. The SMILES string of the molecule is CC[C@@]12CC[C@@H](c3ccc(-c4cnc(OC)nc4)cc3Cl)[C@H](c3ccc(C)cc3)[C@@H]1C(O)NC2=O. The third kappa shape index (κ3) is 3.99. The van der Waals surface area contributed by atoms with Gasteiger partial charge in [-0.05, 0) is 60.8 Å². The number of ether oxygens (including phenoxy) is 1. The van der Waals surface area contributed by atoms with Gasteiger partial charge in [-0.25, -0.2) is 9.97 Å². The number of nitrogens with zero attached hydrogens (tertiary/aromatic N) is 2. The quantitative estimate of drug-likeness (QED) is 0.510. The number of carbonyl (C=O) groups is 1. The van der Waals surface area contributed by atoms with E-state index in [-0.39, 0.29) is 23.7 Å². The first-order valence-corrected chi connectivity index (χ1v) is 12.5. The van der Waals surface area contributed by atoms with Crippen LogP contribution in [0, 0.1) is 18.3 Å². The predicted molar refractivity (Wildman–Crippen MR) is 135 cm³/mol. The first-order chi connectivity index (χ1) is 16.9. The zero-order chi connectivity index (χ0) is 24.7. The number of halogens is 1. The van der Waals surface area contributed by atoms with Crippen LogP contribution in [0.1, 0.15) is 54.7 Å². The maximum atomic E-state index is 13.0. The molecule has 5 rings (SSSR count). The van der Waals surface area contributed by atoms with Crippen LogP contribution in [0.3, 0.4) is 0 Å². The van der Waals surface area contributed by atoms with E-state index in [1.165, 1.54) is 12.7 Å². The standard InChI is InChI=1S/C28H30ClN3O3/c1-4-28-12-11-21(20-10-9-18(13-22(20)29)19-14-30-27(35-3)31-15-19)23(17-7-5-16(2)6-8-17)24(28)25(33)32-26(28)34/h5-10,13-15,21,23-25,33H,4,11-12H2,1-3H3,(H,32,34)/t21-,23-,24+,25?,28+/m0/s1. The highest BCUT2D eigenvalue weighted by molar-refractivity contribution is 6.31. The molecule has 1 aromatic heterocycles. The zero-order valence-corrected chi connectivity index (χ0v) is 20.9. The van der Waals surface area contributed by atoms with Crippen molar-refractivity contribution in [3.8, 4) is 17.1 Å². The highest BCUT2D eigenvalue weighted by Gasteiger charge is 2.60. The van der Waals surface area contributed by atoms with Crippen molar-refractivity contribution in [2.75, 3.05) is 7.11 Å². The monoisotopic (exact) mass is 491 g/mol. The van der Waals surface area contributed by atoms with Gasteiger partial charge in [-0.15, -0.1) is 0 Å². The van der Waals surface area contributed by atoms with Crippen molar-refractivity contribution in [2.24, 2.45) is 11.3 Å². The lowest BCUT2D eigenvalue weighted by Gasteiger charge is -2.47. The summed E-state index contributed by atoms with van der Waals surface area (Å²) in [5.74, 6) is -0.245. The smallest absolute Gasteiger partial charge is 0.316 e. The molecular formula is C28H30ClN3O3. The van der Waals surface area contributed by atoms with Crippen molar-refractivity contribution in [3.05, 3.63) is 76.6 Å². The van der Waals surface area contributed by atoms with Gasteiger partial charge in [0.15, 0.2) is 0 Å². The molecule has 0 spiro atoms. The number of aromatic nitrogens is 2. The lowest BCUT2D eigenvalue weighted by atomic mass is 9.55. The Kier molecular flexibility index (Phi) is 6.28. The Morgan fingerprint density at radius 2 is 1.86 bits per heavy atom. The van der Waals surface area contributed by atoms with Crippen LogP contribution in [0.4, 0.5) is 0 Å². The Hall–Kier alpha value is -2.96. The normalized spacial score (nSPS) is 27.9. The van der Waals surface area contributed by atoms with Gasteiger partial charge in [0.05, 0.1) is 12.5 Å². The number of hydrogen-bond donors (Lipinski definition) is 2. The van der Waals surface area contributed by atoms with Crippen LogP contribution in [0.15, 0.2) is 54.9 Å². The Labute approximate surface area is 210 Å². The molecule has 1 saturated carbocycles. The maximum absolute atomic E-state index is 13.0. The first kappa shape index (κ1) is 23.8. The molecule has 1 unspecified atom stereocenters. The lowest BCUT2D eigenvalue weighted by molar-refractivity contribution is -0.131. The summed E-state index contributed by atoms with van der Waals surface area (Å²) in [7, 11) is 1.53. The van der Waals surface area contributed by atoms with E-state index in [1.54, 1.807) is 12.4 Å². The first-order valence-electron chi connectivity index (χ1n) is 12.1. The van der Waals surface area contributed by atoms with Crippen molar-refractivity contribution in [1.82, 2.24) is 15.3 Å². The van der Waals surface area contributed by atoms with E-state index < -0.39 is 11.6 Å². The Morgan fingerprint density at radius 1 is 1.14 bits per heavy atom. The fourth-order valence-electron chi connectivity index (χ4n) is 6.21. The van der Waals surface area contributed by atoms with Crippen LogP contribution in [0.5, 0.6) is 6.01 Å². The summed E-state index contributed by atoms with van der Waals surface area (Å²) in [6, 6.07) is 14.8. The second-order valence-electron chi connectivity index (χ2n) is 9.73. The molecule has 2 aromatic carbocycles. The Morgan fingerprint density at radius 3 is 2.49 bits per heavy atom. The molecule has 0 bridgehead atoms. The molecule has 3 aromatic rings. The van der Waals surface area contributed by atoms with E-state index >= 15 is 0 Å².